The molecule has 2 rings (SSSR count). The number of aliphatic hydroxyl groups excluding tert-OH is 1. The van der Waals surface area contributed by atoms with Gasteiger partial charge in [0.1, 0.15) is 5.82 Å². The van der Waals surface area contributed by atoms with Crippen LogP contribution in [0.5, 0.6) is 0 Å². The average Bonchev–Trinajstić information content (AvgIpc) is 2.31. The van der Waals surface area contributed by atoms with E-state index < -0.39 is 6.10 Å². The van der Waals surface area contributed by atoms with Crippen molar-refractivity contribution < 1.29 is 5.11 Å². The van der Waals surface area contributed by atoms with E-state index in [2.05, 4.69) is 9.97 Å². The lowest BCUT2D eigenvalue weighted by molar-refractivity contribution is 0.178. The molecule has 18 heavy (non-hydrogen) atoms. The van der Waals surface area contributed by atoms with Gasteiger partial charge in [-0.3, -0.25) is 4.98 Å². The molecule has 94 valence electrons. The Balaban J connectivity index is 2.22. The van der Waals surface area contributed by atoms with E-state index in [1.54, 1.807) is 6.20 Å². The molecule has 3 N–H and O–H groups in total. The summed E-state index contributed by atoms with van der Waals surface area (Å²) in [6.45, 7) is 3.84. The first-order chi connectivity index (χ1) is 8.56. The summed E-state index contributed by atoms with van der Waals surface area (Å²) in [5.41, 5.74) is 9.31. The highest BCUT2D eigenvalue weighted by atomic mass is 16.3. The highest BCUT2D eigenvalue weighted by molar-refractivity contribution is 5.39. The number of nitrogen functional groups attached to an aromatic ring is 1. The van der Waals surface area contributed by atoms with Crippen molar-refractivity contribution in [2.24, 2.45) is 0 Å². The van der Waals surface area contributed by atoms with Crippen LogP contribution in [0.25, 0.3) is 0 Å². The Labute approximate surface area is 107 Å². The lowest BCUT2D eigenvalue weighted by atomic mass is 10.0. The Kier molecular flexibility index (Phi) is 3.58. The Hall–Kier alpha value is -1.94. The van der Waals surface area contributed by atoms with Crippen LogP contribution in [0.4, 0.5) is 5.82 Å². The standard InChI is InChI=1S/C14H17N3O/c1-9-6-12(7-10(2)17-9)13(18)8-11-4-3-5-16-14(11)15/h3-7,13,18H,8H2,1-2H3,(H2,15,16). The van der Waals surface area contributed by atoms with Crippen LogP contribution < -0.4 is 5.73 Å². The van der Waals surface area contributed by atoms with Gasteiger partial charge in [0.15, 0.2) is 0 Å². The topological polar surface area (TPSA) is 72.0 Å². The Morgan fingerprint density at radius 3 is 2.56 bits per heavy atom. The fourth-order valence-electron chi connectivity index (χ4n) is 2.01. The molecule has 2 aromatic heterocycles. The van der Waals surface area contributed by atoms with Crippen molar-refractivity contribution in [2.45, 2.75) is 26.4 Å². The predicted octanol–water partition coefficient (Wildman–Crippen LogP) is 1.95. The molecule has 4 nitrogen and oxygen atoms in total. The maximum atomic E-state index is 10.2. The van der Waals surface area contributed by atoms with E-state index in [-0.39, 0.29) is 0 Å². The minimum Gasteiger partial charge on any atom is -0.388 e. The Morgan fingerprint density at radius 2 is 1.94 bits per heavy atom. The summed E-state index contributed by atoms with van der Waals surface area (Å²) in [6, 6.07) is 7.49. The number of hydrogen-bond donors (Lipinski definition) is 2. The zero-order chi connectivity index (χ0) is 13.1. The average molecular weight is 243 g/mol. The second kappa shape index (κ2) is 5.14. The molecule has 0 spiro atoms. The van der Waals surface area contributed by atoms with Gasteiger partial charge in [-0.25, -0.2) is 4.98 Å². The normalized spacial score (nSPS) is 12.4. The fourth-order valence-corrected chi connectivity index (χ4v) is 2.01. The molecular formula is C14H17N3O. The smallest absolute Gasteiger partial charge is 0.126 e. The molecule has 0 aliphatic rings. The zero-order valence-corrected chi connectivity index (χ0v) is 10.6. The summed E-state index contributed by atoms with van der Waals surface area (Å²) in [4.78, 5) is 8.31. The van der Waals surface area contributed by atoms with Gasteiger partial charge < -0.3 is 10.8 Å². The molecule has 0 radical (unpaired) electrons. The molecule has 0 saturated carbocycles. The minimum absolute atomic E-state index is 0.461. The van der Waals surface area contributed by atoms with Crippen LogP contribution >= 0.6 is 0 Å². The largest absolute Gasteiger partial charge is 0.388 e. The van der Waals surface area contributed by atoms with Gasteiger partial charge >= 0.3 is 0 Å². The van der Waals surface area contributed by atoms with E-state index >= 15 is 0 Å². The van der Waals surface area contributed by atoms with Crippen LogP contribution in [0.2, 0.25) is 0 Å². The SMILES string of the molecule is Cc1cc(C(O)Cc2cccnc2N)cc(C)n1. The molecule has 0 fully saturated rings. The van der Waals surface area contributed by atoms with Gasteiger partial charge in [-0.15, -0.1) is 0 Å². The molecular weight excluding hydrogens is 226 g/mol. The van der Waals surface area contributed by atoms with Crippen molar-refractivity contribution in [3.8, 4) is 0 Å². The molecule has 0 aromatic carbocycles. The summed E-state index contributed by atoms with van der Waals surface area (Å²) >= 11 is 0. The second-order valence-electron chi connectivity index (χ2n) is 4.45. The lowest BCUT2D eigenvalue weighted by Gasteiger charge is -2.13. The number of aromatic nitrogens is 2. The number of pyridine rings is 2. The summed E-state index contributed by atoms with van der Waals surface area (Å²) in [6.07, 6.45) is 1.52. The third-order valence-electron chi connectivity index (χ3n) is 2.83. The van der Waals surface area contributed by atoms with Gasteiger partial charge in [-0.2, -0.15) is 0 Å². The summed E-state index contributed by atoms with van der Waals surface area (Å²) in [7, 11) is 0. The van der Waals surface area contributed by atoms with Gasteiger partial charge in [0.2, 0.25) is 0 Å². The maximum Gasteiger partial charge on any atom is 0.126 e. The van der Waals surface area contributed by atoms with Crippen LogP contribution in [0.15, 0.2) is 30.5 Å². The maximum absolute atomic E-state index is 10.2. The van der Waals surface area contributed by atoms with E-state index in [4.69, 9.17) is 5.73 Å². The minimum atomic E-state index is -0.586. The quantitative estimate of drug-likeness (QED) is 0.864. The third-order valence-corrected chi connectivity index (χ3v) is 2.83. The van der Waals surface area contributed by atoms with E-state index in [1.807, 2.05) is 38.1 Å². The highest BCUT2D eigenvalue weighted by Crippen LogP contribution is 2.21. The molecule has 0 amide bonds. The predicted molar refractivity (Wildman–Crippen MR) is 71.0 cm³/mol. The van der Waals surface area contributed by atoms with Gasteiger partial charge in [-0.05, 0) is 43.2 Å². The molecule has 2 aromatic rings. The van der Waals surface area contributed by atoms with Crippen molar-refractivity contribution in [3.63, 3.8) is 0 Å². The number of rotatable bonds is 3. The van der Waals surface area contributed by atoms with Crippen LogP contribution in [-0.4, -0.2) is 15.1 Å². The molecule has 4 heteroatoms. The molecule has 0 aliphatic carbocycles. The highest BCUT2D eigenvalue weighted by Gasteiger charge is 2.12. The summed E-state index contributed by atoms with van der Waals surface area (Å²) in [5.74, 6) is 0.471. The van der Waals surface area contributed by atoms with Gasteiger partial charge in [0, 0.05) is 24.0 Å². The van der Waals surface area contributed by atoms with E-state index in [1.165, 1.54) is 0 Å². The van der Waals surface area contributed by atoms with E-state index in [0.29, 0.717) is 12.2 Å². The van der Waals surface area contributed by atoms with Crippen LogP contribution in [-0.2, 0) is 6.42 Å². The van der Waals surface area contributed by atoms with Gasteiger partial charge in [0.05, 0.1) is 6.10 Å². The van der Waals surface area contributed by atoms with Crippen molar-refractivity contribution >= 4 is 5.82 Å². The first kappa shape index (κ1) is 12.5. The van der Waals surface area contributed by atoms with E-state index in [9.17, 15) is 5.11 Å². The molecule has 0 aliphatic heterocycles. The zero-order valence-electron chi connectivity index (χ0n) is 10.6. The molecule has 0 bridgehead atoms. The summed E-state index contributed by atoms with van der Waals surface area (Å²) < 4.78 is 0. The number of anilines is 1. The molecule has 2 heterocycles. The fraction of sp³-hybridized carbons (Fsp3) is 0.286. The third kappa shape index (κ3) is 2.84. The van der Waals surface area contributed by atoms with Crippen molar-refractivity contribution in [2.75, 3.05) is 5.73 Å². The first-order valence-electron chi connectivity index (χ1n) is 5.89. The van der Waals surface area contributed by atoms with Gasteiger partial charge in [-0.1, -0.05) is 6.07 Å². The number of nitrogens with zero attached hydrogens (tertiary/aromatic N) is 2. The van der Waals surface area contributed by atoms with Crippen LogP contribution in [0.1, 0.15) is 28.6 Å². The van der Waals surface area contributed by atoms with Crippen molar-refractivity contribution in [1.82, 2.24) is 9.97 Å². The molecule has 1 unspecified atom stereocenters. The lowest BCUT2D eigenvalue weighted by Crippen LogP contribution is -2.06. The Bertz CT molecular complexity index is 534. The summed E-state index contributed by atoms with van der Waals surface area (Å²) in [5, 5.41) is 10.2. The van der Waals surface area contributed by atoms with Crippen molar-refractivity contribution in [1.29, 1.82) is 0 Å². The van der Waals surface area contributed by atoms with Crippen LogP contribution in [0, 0.1) is 13.8 Å². The molecule has 0 saturated heterocycles. The number of nitrogens with two attached hydrogens (primary N) is 1. The monoisotopic (exact) mass is 243 g/mol. The number of hydrogen-bond acceptors (Lipinski definition) is 4. The molecule has 1 atom stereocenters. The van der Waals surface area contributed by atoms with E-state index in [0.717, 1.165) is 22.5 Å². The van der Waals surface area contributed by atoms with Crippen molar-refractivity contribution in [3.05, 3.63) is 53.0 Å². The number of aliphatic hydroxyl groups is 1. The number of aryl methyl sites for hydroxylation is 2. The van der Waals surface area contributed by atoms with Gasteiger partial charge in [0.25, 0.3) is 0 Å². The first-order valence-corrected chi connectivity index (χ1v) is 5.89. The Morgan fingerprint density at radius 1 is 1.28 bits per heavy atom. The van der Waals surface area contributed by atoms with Crippen LogP contribution in [0.3, 0.4) is 0 Å². The second-order valence-corrected chi connectivity index (χ2v) is 4.45.